The van der Waals surface area contributed by atoms with Gasteiger partial charge in [0.05, 0.1) is 24.0 Å². The summed E-state index contributed by atoms with van der Waals surface area (Å²) in [6, 6.07) is 7.35. The van der Waals surface area contributed by atoms with Gasteiger partial charge in [0.25, 0.3) is 0 Å². The third kappa shape index (κ3) is 2.58. The Morgan fingerprint density at radius 3 is 2.81 bits per heavy atom. The Hall–Kier alpha value is -2.45. The van der Waals surface area contributed by atoms with Gasteiger partial charge in [-0.25, -0.2) is 4.79 Å². The summed E-state index contributed by atoms with van der Waals surface area (Å²) in [5, 5.41) is 9.65. The van der Waals surface area contributed by atoms with Crippen molar-refractivity contribution >= 4 is 23.3 Å². The van der Waals surface area contributed by atoms with Crippen LogP contribution in [0.15, 0.2) is 24.4 Å². The van der Waals surface area contributed by atoms with Gasteiger partial charge in [-0.05, 0) is 24.1 Å². The molecule has 0 atom stereocenters. The van der Waals surface area contributed by atoms with Crippen LogP contribution in [0.3, 0.4) is 0 Å². The first kappa shape index (κ1) is 14.9. The topological polar surface area (TPSA) is 81.0 Å². The molecule has 0 saturated carbocycles. The summed E-state index contributed by atoms with van der Waals surface area (Å²) >= 11 is 6.04. The molecule has 1 aromatic carbocycles. The normalized spacial score (nSPS) is 10.2. The number of aryl methyl sites for hydroxylation is 1. The number of anilines is 1. The number of nitriles is 1. The first-order valence-electron chi connectivity index (χ1n) is 6.31. The number of carbonyl (C=O) groups excluding carboxylic acids is 1. The molecule has 0 bridgehead atoms. The lowest BCUT2D eigenvalue weighted by Gasteiger charge is -2.13. The number of nitrogen functional groups attached to an aromatic ring is 1. The Morgan fingerprint density at radius 1 is 1.52 bits per heavy atom. The minimum Gasteiger partial charge on any atom is -0.464 e. The Morgan fingerprint density at radius 2 is 2.24 bits per heavy atom. The molecular formula is C15H14ClN3O2. The van der Waals surface area contributed by atoms with Gasteiger partial charge in [-0.3, -0.25) is 0 Å². The fourth-order valence-electron chi connectivity index (χ4n) is 2.16. The molecular weight excluding hydrogens is 290 g/mol. The maximum atomic E-state index is 12.0. The number of carbonyl (C=O) groups is 1. The Balaban J connectivity index is 2.78. The standard InChI is InChI=1S/C15H14ClN3O2/c1-3-9-4-5-11(16)6-12(9)19-8-10(7-17)13(18)14(19)15(20)21-2/h4-6,8H,3,18H2,1-2H3. The summed E-state index contributed by atoms with van der Waals surface area (Å²) in [5.74, 6) is -0.601. The molecule has 6 heteroatoms. The van der Waals surface area contributed by atoms with Crippen molar-refractivity contribution in [2.75, 3.05) is 12.8 Å². The Labute approximate surface area is 127 Å². The van der Waals surface area contributed by atoms with Crippen molar-refractivity contribution in [3.8, 4) is 11.8 Å². The number of hydrogen-bond donors (Lipinski definition) is 1. The average molecular weight is 304 g/mol. The van der Waals surface area contributed by atoms with Crippen molar-refractivity contribution < 1.29 is 9.53 Å². The van der Waals surface area contributed by atoms with Crippen LogP contribution >= 0.6 is 11.6 Å². The highest BCUT2D eigenvalue weighted by Gasteiger charge is 2.22. The summed E-state index contributed by atoms with van der Waals surface area (Å²) in [6.45, 7) is 1.99. The predicted molar refractivity (Wildman–Crippen MR) is 80.6 cm³/mol. The molecule has 1 heterocycles. The molecule has 0 fully saturated rings. The molecule has 0 spiro atoms. The number of aromatic nitrogens is 1. The monoisotopic (exact) mass is 303 g/mol. The van der Waals surface area contributed by atoms with Gasteiger partial charge in [0.2, 0.25) is 0 Å². The minimum atomic E-state index is -0.601. The molecule has 2 rings (SSSR count). The highest BCUT2D eigenvalue weighted by Crippen LogP contribution is 2.28. The summed E-state index contributed by atoms with van der Waals surface area (Å²) in [6.07, 6.45) is 2.26. The maximum absolute atomic E-state index is 12.0. The second-order valence-corrected chi connectivity index (χ2v) is 4.84. The number of methoxy groups -OCH3 is 1. The van der Waals surface area contributed by atoms with Crippen LogP contribution in [-0.4, -0.2) is 17.6 Å². The lowest BCUT2D eigenvalue weighted by Crippen LogP contribution is -2.12. The Kier molecular flexibility index (Phi) is 4.20. The van der Waals surface area contributed by atoms with E-state index in [9.17, 15) is 4.79 Å². The Bertz CT molecular complexity index is 744. The number of ether oxygens (including phenoxy) is 1. The highest BCUT2D eigenvalue weighted by molar-refractivity contribution is 6.30. The van der Waals surface area contributed by atoms with E-state index in [1.807, 2.05) is 19.1 Å². The van der Waals surface area contributed by atoms with Gasteiger partial charge in [0.15, 0.2) is 5.69 Å². The molecule has 0 amide bonds. The number of hydrogen-bond acceptors (Lipinski definition) is 4. The van der Waals surface area contributed by atoms with E-state index >= 15 is 0 Å². The van der Waals surface area contributed by atoms with E-state index in [1.54, 1.807) is 16.7 Å². The second-order valence-electron chi connectivity index (χ2n) is 4.41. The van der Waals surface area contributed by atoms with Crippen molar-refractivity contribution in [1.29, 1.82) is 5.26 Å². The molecule has 1 aromatic heterocycles. The van der Waals surface area contributed by atoms with E-state index in [1.165, 1.54) is 13.3 Å². The van der Waals surface area contributed by atoms with E-state index in [2.05, 4.69) is 0 Å². The van der Waals surface area contributed by atoms with E-state index < -0.39 is 5.97 Å². The molecule has 0 aliphatic rings. The number of nitrogens with two attached hydrogens (primary N) is 1. The SMILES string of the molecule is CCc1ccc(Cl)cc1-n1cc(C#N)c(N)c1C(=O)OC. The number of nitrogens with zero attached hydrogens (tertiary/aromatic N) is 2. The van der Waals surface area contributed by atoms with Gasteiger partial charge in [0.1, 0.15) is 6.07 Å². The fraction of sp³-hybridized carbons (Fsp3) is 0.200. The lowest BCUT2D eigenvalue weighted by molar-refractivity contribution is 0.0593. The zero-order valence-corrected chi connectivity index (χ0v) is 12.4. The van der Waals surface area contributed by atoms with Gasteiger partial charge < -0.3 is 15.0 Å². The molecule has 2 aromatic rings. The molecule has 0 saturated heterocycles. The van der Waals surface area contributed by atoms with Crippen molar-refractivity contribution in [2.45, 2.75) is 13.3 Å². The number of esters is 1. The van der Waals surface area contributed by atoms with Crippen molar-refractivity contribution in [1.82, 2.24) is 4.57 Å². The van der Waals surface area contributed by atoms with E-state index in [4.69, 9.17) is 27.3 Å². The molecule has 0 unspecified atom stereocenters. The zero-order chi connectivity index (χ0) is 15.6. The highest BCUT2D eigenvalue weighted by atomic mass is 35.5. The van der Waals surface area contributed by atoms with E-state index in [0.717, 1.165) is 12.0 Å². The molecule has 0 aliphatic carbocycles. The third-order valence-electron chi connectivity index (χ3n) is 3.23. The largest absolute Gasteiger partial charge is 0.464 e. The van der Waals surface area contributed by atoms with Crippen molar-refractivity contribution in [3.63, 3.8) is 0 Å². The fourth-order valence-corrected chi connectivity index (χ4v) is 2.33. The quantitative estimate of drug-likeness (QED) is 0.884. The van der Waals surface area contributed by atoms with Crippen LogP contribution in [0, 0.1) is 11.3 Å². The number of rotatable bonds is 3. The van der Waals surface area contributed by atoms with E-state index in [-0.39, 0.29) is 16.9 Å². The van der Waals surface area contributed by atoms with Crippen molar-refractivity contribution in [3.05, 3.63) is 46.2 Å². The van der Waals surface area contributed by atoms with Crippen LogP contribution in [-0.2, 0) is 11.2 Å². The third-order valence-corrected chi connectivity index (χ3v) is 3.47. The number of halogens is 1. The average Bonchev–Trinajstić information content (AvgIpc) is 2.83. The summed E-state index contributed by atoms with van der Waals surface area (Å²) in [5.41, 5.74) is 8.02. The summed E-state index contributed by atoms with van der Waals surface area (Å²) in [4.78, 5) is 12.0. The number of benzene rings is 1. The lowest BCUT2D eigenvalue weighted by atomic mass is 10.1. The predicted octanol–water partition coefficient (Wildman–Crippen LogP) is 2.93. The van der Waals surface area contributed by atoms with Gasteiger partial charge in [0, 0.05) is 11.2 Å². The van der Waals surface area contributed by atoms with Gasteiger partial charge in [-0.2, -0.15) is 5.26 Å². The second kappa shape index (κ2) is 5.90. The van der Waals surface area contributed by atoms with E-state index in [0.29, 0.717) is 10.7 Å². The minimum absolute atomic E-state index is 0.103. The van der Waals surface area contributed by atoms with Crippen molar-refractivity contribution in [2.24, 2.45) is 0 Å². The molecule has 0 radical (unpaired) electrons. The molecule has 2 N–H and O–H groups in total. The zero-order valence-electron chi connectivity index (χ0n) is 11.7. The summed E-state index contributed by atoms with van der Waals surface area (Å²) < 4.78 is 6.32. The van der Waals surface area contributed by atoms with Crippen LogP contribution in [0.4, 0.5) is 5.69 Å². The molecule has 5 nitrogen and oxygen atoms in total. The molecule has 0 aliphatic heterocycles. The first-order chi connectivity index (χ1) is 10.0. The maximum Gasteiger partial charge on any atom is 0.357 e. The molecule has 21 heavy (non-hydrogen) atoms. The molecule has 108 valence electrons. The van der Waals surface area contributed by atoms with Gasteiger partial charge in [-0.15, -0.1) is 0 Å². The van der Waals surface area contributed by atoms with Crippen LogP contribution in [0.5, 0.6) is 0 Å². The van der Waals surface area contributed by atoms with Gasteiger partial charge in [-0.1, -0.05) is 24.6 Å². The van der Waals surface area contributed by atoms with Crippen LogP contribution in [0.25, 0.3) is 5.69 Å². The van der Waals surface area contributed by atoms with Crippen LogP contribution in [0.2, 0.25) is 5.02 Å². The van der Waals surface area contributed by atoms with Crippen LogP contribution < -0.4 is 5.73 Å². The van der Waals surface area contributed by atoms with Crippen LogP contribution in [0.1, 0.15) is 28.5 Å². The summed E-state index contributed by atoms with van der Waals surface area (Å²) in [7, 11) is 1.27. The smallest absolute Gasteiger partial charge is 0.357 e. The van der Waals surface area contributed by atoms with Gasteiger partial charge >= 0.3 is 5.97 Å². The first-order valence-corrected chi connectivity index (χ1v) is 6.69.